The number of aromatic nitrogens is 1. The van der Waals surface area contributed by atoms with Crippen molar-refractivity contribution in [3.05, 3.63) is 21.1 Å². The van der Waals surface area contributed by atoms with Gasteiger partial charge in [0.25, 0.3) is 0 Å². The Morgan fingerprint density at radius 1 is 1.26 bits per heavy atom. The third kappa shape index (κ3) is 4.97. The van der Waals surface area contributed by atoms with E-state index < -0.39 is 18.3 Å². The van der Waals surface area contributed by atoms with Crippen LogP contribution in [0.5, 0.6) is 0 Å². The van der Waals surface area contributed by atoms with Gasteiger partial charge in [0, 0.05) is 13.5 Å². The van der Waals surface area contributed by atoms with E-state index in [4.69, 9.17) is 14.0 Å². The number of carbonyl (C=O) groups excluding carboxylic acids is 2. The zero-order chi connectivity index (χ0) is 20.4. The molecule has 0 spiro atoms. The van der Waals surface area contributed by atoms with Gasteiger partial charge in [-0.15, -0.1) is 11.3 Å². The van der Waals surface area contributed by atoms with E-state index >= 15 is 0 Å². The molecule has 1 aliphatic rings. The molecule has 1 N–H and O–H groups in total. The second-order valence-electron chi connectivity index (χ2n) is 7.40. The fourth-order valence-corrected chi connectivity index (χ4v) is 3.38. The Morgan fingerprint density at radius 3 is 2.37 bits per heavy atom. The summed E-state index contributed by atoms with van der Waals surface area (Å²) in [5.41, 5.74) is 0.342. The number of thiazole rings is 1. The number of rotatable bonds is 6. The SMILES string of the molecule is CCOC(=O)c1sc(C=C(CNC(C)=O)B2OC(C)(C)C(C)(C)O2)nc1C. The Labute approximate surface area is 164 Å². The first kappa shape index (κ1) is 21.6. The highest BCUT2D eigenvalue weighted by Gasteiger charge is 2.52. The molecule has 148 valence electrons. The van der Waals surface area contributed by atoms with Gasteiger partial charge in [0.1, 0.15) is 9.88 Å². The van der Waals surface area contributed by atoms with Crippen LogP contribution in [0.1, 0.15) is 61.9 Å². The Kier molecular flexibility index (Phi) is 6.49. The molecular weight excluding hydrogens is 367 g/mol. The number of hydrogen-bond donors (Lipinski definition) is 1. The smallest absolute Gasteiger partial charge is 0.462 e. The van der Waals surface area contributed by atoms with E-state index in [2.05, 4.69) is 10.3 Å². The van der Waals surface area contributed by atoms with Crippen molar-refractivity contribution >= 4 is 36.4 Å². The topological polar surface area (TPSA) is 86.8 Å². The number of nitrogens with zero attached hydrogens (tertiary/aromatic N) is 1. The maximum atomic E-state index is 12.0. The highest BCUT2D eigenvalue weighted by molar-refractivity contribution is 7.14. The monoisotopic (exact) mass is 394 g/mol. The highest BCUT2D eigenvalue weighted by Crippen LogP contribution is 2.39. The molecule has 0 aliphatic carbocycles. The van der Waals surface area contributed by atoms with Crippen molar-refractivity contribution in [3.8, 4) is 0 Å². The standard InChI is InChI=1S/C18H27BN2O5S/c1-8-24-16(23)15-11(2)21-14(27-15)9-13(10-20-12(3)22)19-25-17(4,5)18(6,7)26-19/h9H,8,10H2,1-7H3,(H,20,22). The number of carbonyl (C=O) groups is 2. The number of hydrogen-bond acceptors (Lipinski definition) is 7. The van der Waals surface area contributed by atoms with Gasteiger partial charge in [0.2, 0.25) is 5.91 Å². The normalized spacial score (nSPS) is 18.5. The molecule has 0 aromatic carbocycles. The maximum Gasteiger partial charge on any atom is 0.492 e. The Hall–Kier alpha value is -1.71. The lowest BCUT2D eigenvalue weighted by Gasteiger charge is -2.32. The summed E-state index contributed by atoms with van der Waals surface area (Å²) < 4.78 is 17.3. The summed E-state index contributed by atoms with van der Waals surface area (Å²) in [7, 11) is -0.614. The molecule has 1 aromatic rings. The summed E-state index contributed by atoms with van der Waals surface area (Å²) >= 11 is 1.24. The Bertz CT molecular complexity index is 741. The van der Waals surface area contributed by atoms with Gasteiger partial charge in [0.05, 0.1) is 23.5 Å². The molecule has 0 saturated carbocycles. The molecule has 9 heteroatoms. The fraction of sp³-hybridized carbons (Fsp3) is 0.611. The zero-order valence-electron chi connectivity index (χ0n) is 17.0. The molecule has 27 heavy (non-hydrogen) atoms. The maximum absolute atomic E-state index is 12.0. The first-order valence-electron chi connectivity index (χ1n) is 8.92. The average Bonchev–Trinajstić information content (AvgIpc) is 3.00. The molecule has 7 nitrogen and oxygen atoms in total. The quantitative estimate of drug-likeness (QED) is 0.590. The van der Waals surface area contributed by atoms with Crippen LogP contribution in [-0.4, -0.2) is 48.3 Å². The minimum absolute atomic E-state index is 0.153. The summed E-state index contributed by atoms with van der Waals surface area (Å²) in [5, 5.41) is 3.41. The second-order valence-corrected chi connectivity index (χ2v) is 8.43. The molecule has 2 heterocycles. The molecule has 1 aromatic heterocycles. The van der Waals surface area contributed by atoms with E-state index in [1.807, 2.05) is 27.7 Å². The third-order valence-electron chi connectivity index (χ3n) is 4.68. The summed E-state index contributed by atoms with van der Waals surface area (Å²) in [4.78, 5) is 28.3. The summed E-state index contributed by atoms with van der Waals surface area (Å²) in [6.07, 6.45) is 1.80. The van der Waals surface area contributed by atoms with Crippen LogP contribution in [0.2, 0.25) is 0 Å². The molecule has 1 aliphatic heterocycles. The van der Waals surface area contributed by atoms with Crippen LogP contribution in [0, 0.1) is 6.92 Å². The Balaban J connectivity index is 2.33. The van der Waals surface area contributed by atoms with Crippen LogP contribution in [0.25, 0.3) is 6.08 Å². The molecule has 1 amide bonds. The predicted molar refractivity (Wildman–Crippen MR) is 106 cm³/mol. The minimum Gasteiger partial charge on any atom is -0.462 e. The van der Waals surface area contributed by atoms with Gasteiger partial charge in [-0.1, -0.05) is 0 Å². The zero-order valence-corrected chi connectivity index (χ0v) is 17.8. The molecule has 2 rings (SSSR count). The van der Waals surface area contributed by atoms with Gasteiger partial charge < -0.3 is 19.4 Å². The van der Waals surface area contributed by atoms with Crippen LogP contribution < -0.4 is 5.32 Å². The number of ether oxygens (including phenoxy) is 1. The number of nitrogens with one attached hydrogen (secondary N) is 1. The Morgan fingerprint density at radius 2 is 1.85 bits per heavy atom. The number of amides is 1. The van der Waals surface area contributed by atoms with Gasteiger partial charge in [-0.05, 0) is 53.1 Å². The molecule has 0 bridgehead atoms. The summed E-state index contributed by atoms with van der Waals surface area (Å²) in [6.45, 7) is 13.4. The minimum atomic E-state index is -0.614. The average molecular weight is 394 g/mol. The van der Waals surface area contributed by atoms with Gasteiger partial charge in [-0.3, -0.25) is 4.79 Å². The van der Waals surface area contributed by atoms with E-state index in [-0.39, 0.29) is 18.4 Å². The van der Waals surface area contributed by atoms with Gasteiger partial charge in [-0.25, -0.2) is 9.78 Å². The van der Waals surface area contributed by atoms with Crippen LogP contribution in [0.15, 0.2) is 5.47 Å². The van der Waals surface area contributed by atoms with Crippen molar-refractivity contribution in [2.24, 2.45) is 0 Å². The largest absolute Gasteiger partial charge is 0.492 e. The molecule has 0 atom stereocenters. The lowest BCUT2D eigenvalue weighted by molar-refractivity contribution is -0.118. The van der Waals surface area contributed by atoms with Crippen molar-refractivity contribution < 1.29 is 23.6 Å². The van der Waals surface area contributed by atoms with Crippen molar-refractivity contribution in [2.75, 3.05) is 13.2 Å². The van der Waals surface area contributed by atoms with E-state index in [0.29, 0.717) is 22.2 Å². The van der Waals surface area contributed by atoms with E-state index in [1.54, 1.807) is 19.9 Å². The molecule has 1 saturated heterocycles. The first-order chi connectivity index (χ1) is 12.5. The van der Waals surface area contributed by atoms with E-state index in [0.717, 1.165) is 5.47 Å². The third-order valence-corrected chi connectivity index (χ3v) is 5.76. The van der Waals surface area contributed by atoms with Gasteiger partial charge in [0.15, 0.2) is 0 Å². The van der Waals surface area contributed by atoms with Crippen molar-refractivity contribution in [1.29, 1.82) is 0 Å². The second kappa shape index (κ2) is 8.12. The number of esters is 1. The molecule has 0 unspecified atom stereocenters. The van der Waals surface area contributed by atoms with Gasteiger partial charge in [-0.2, -0.15) is 0 Å². The summed E-state index contributed by atoms with van der Waals surface area (Å²) in [5.74, 6) is -0.536. The predicted octanol–water partition coefficient (Wildman–Crippen LogP) is 2.78. The molecule has 0 radical (unpaired) electrons. The highest BCUT2D eigenvalue weighted by atomic mass is 32.1. The lowest BCUT2D eigenvalue weighted by atomic mass is 9.77. The van der Waals surface area contributed by atoms with Crippen molar-refractivity contribution in [2.45, 2.75) is 59.7 Å². The number of aryl methyl sites for hydroxylation is 1. The van der Waals surface area contributed by atoms with Crippen LogP contribution in [0.4, 0.5) is 0 Å². The molecule has 1 fully saturated rings. The lowest BCUT2D eigenvalue weighted by Crippen LogP contribution is -2.41. The van der Waals surface area contributed by atoms with E-state index in [1.165, 1.54) is 18.3 Å². The van der Waals surface area contributed by atoms with Crippen molar-refractivity contribution in [1.82, 2.24) is 10.3 Å². The van der Waals surface area contributed by atoms with E-state index in [9.17, 15) is 9.59 Å². The first-order valence-corrected chi connectivity index (χ1v) is 9.73. The fourth-order valence-electron chi connectivity index (χ4n) is 2.45. The summed E-state index contributed by atoms with van der Waals surface area (Å²) in [6, 6.07) is 0. The van der Waals surface area contributed by atoms with Crippen molar-refractivity contribution in [3.63, 3.8) is 0 Å². The van der Waals surface area contributed by atoms with Crippen LogP contribution >= 0.6 is 11.3 Å². The van der Waals surface area contributed by atoms with Crippen LogP contribution in [-0.2, 0) is 18.8 Å². The molecular formula is C18H27BN2O5S. The van der Waals surface area contributed by atoms with Gasteiger partial charge >= 0.3 is 13.1 Å². The van der Waals surface area contributed by atoms with Crippen LogP contribution in [0.3, 0.4) is 0 Å².